The fraction of sp³-hybridized carbons (Fsp3) is 0.833. The van der Waals surface area contributed by atoms with Crippen molar-refractivity contribution in [3.05, 3.63) is 0 Å². The molecule has 0 radical (unpaired) electrons. The molecule has 1 saturated heterocycles. The molecule has 0 aromatic heterocycles. The maximum absolute atomic E-state index is 12.1. The first-order valence-electron chi connectivity index (χ1n) is 6.47. The van der Waals surface area contributed by atoms with Crippen LogP contribution in [0.5, 0.6) is 0 Å². The molecule has 1 aliphatic rings. The van der Waals surface area contributed by atoms with Crippen molar-refractivity contribution in [1.29, 1.82) is 0 Å². The van der Waals surface area contributed by atoms with E-state index in [-0.39, 0.29) is 12.5 Å². The minimum Gasteiger partial charge on any atom is -0.481 e. The van der Waals surface area contributed by atoms with Gasteiger partial charge in [-0.1, -0.05) is 0 Å². The van der Waals surface area contributed by atoms with Crippen LogP contribution in [0.25, 0.3) is 0 Å². The van der Waals surface area contributed by atoms with Crippen LogP contribution in [-0.2, 0) is 9.53 Å². The van der Waals surface area contributed by atoms with E-state index in [2.05, 4.69) is 4.90 Å². The zero-order chi connectivity index (χ0) is 14.3. The maximum Gasteiger partial charge on any atom is 0.319 e. The summed E-state index contributed by atoms with van der Waals surface area (Å²) in [6.45, 7) is 4.42. The molecule has 2 amide bonds. The number of rotatable bonds is 6. The monoisotopic (exact) mass is 273 g/mol. The number of carbonyl (C=O) groups is 2. The zero-order valence-corrected chi connectivity index (χ0v) is 11.7. The quantitative estimate of drug-likeness (QED) is 0.724. The SMILES string of the molecule is COCCN(C)C(=O)N1CCN(CCC(=O)O)CC1. The second-order valence-corrected chi connectivity index (χ2v) is 4.67. The molecule has 0 unspecified atom stereocenters. The summed E-state index contributed by atoms with van der Waals surface area (Å²) in [6.07, 6.45) is 0.154. The molecule has 19 heavy (non-hydrogen) atoms. The van der Waals surface area contributed by atoms with Crippen LogP contribution in [0.3, 0.4) is 0 Å². The standard InChI is InChI=1S/C12H23N3O4/c1-13(9-10-19-2)12(18)15-7-5-14(6-8-15)4-3-11(16)17/h3-10H2,1-2H3,(H,16,17). The molecule has 0 aromatic rings. The summed E-state index contributed by atoms with van der Waals surface area (Å²) in [7, 11) is 3.37. The van der Waals surface area contributed by atoms with E-state index in [1.54, 1.807) is 24.0 Å². The van der Waals surface area contributed by atoms with Gasteiger partial charge in [-0.15, -0.1) is 0 Å². The van der Waals surface area contributed by atoms with E-state index in [1.807, 2.05) is 0 Å². The largest absolute Gasteiger partial charge is 0.481 e. The van der Waals surface area contributed by atoms with Crippen molar-refractivity contribution in [2.45, 2.75) is 6.42 Å². The van der Waals surface area contributed by atoms with Crippen LogP contribution < -0.4 is 0 Å². The second-order valence-electron chi connectivity index (χ2n) is 4.67. The number of amides is 2. The summed E-state index contributed by atoms with van der Waals surface area (Å²) >= 11 is 0. The highest BCUT2D eigenvalue weighted by atomic mass is 16.5. The highest BCUT2D eigenvalue weighted by Gasteiger charge is 2.23. The van der Waals surface area contributed by atoms with Gasteiger partial charge < -0.3 is 19.6 Å². The number of methoxy groups -OCH3 is 1. The molecule has 1 heterocycles. The first-order valence-corrected chi connectivity index (χ1v) is 6.47. The number of hydrogen-bond acceptors (Lipinski definition) is 4. The maximum atomic E-state index is 12.1. The predicted molar refractivity (Wildman–Crippen MR) is 70.2 cm³/mol. The molecule has 1 rings (SSSR count). The third kappa shape index (κ3) is 5.44. The lowest BCUT2D eigenvalue weighted by Gasteiger charge is -2.36. The Bertz CT molecular complexity index is 303. The van der Waals surface area contributed by atoms with Gasteiger partial charge in [0.1, 0.15) is 0 Å². The third-order valence-electron chi connectivity index (χ3n) is 3.24. The van der Waals surface area contributed by atoms with Crippen LogP contribution in [0.2, 0.25) is 0 Å². The molecular weight excluding hydrogens is 250 g/mol. The minimum atomic E-state index is -0.780. The van der Waals surface area contributed by atoms with Gasteiger partial charge in [0.2, 0.25) is 0 Å². The van der Waals surface area contributed by atoms with Gasteiger partial charge in [0.25, 0.3) is 0 Å². The Labute approximate surface area is 113 Å². The number of carboxylic acid groups (broad SMARTS) is 1. The molecular formula is C12H23N3O4. The van der Waals surface area contributed by atoms with Crippen molar-refractivity contribution in [2.75, 3.05) is 60.0 Å². The van der Waals surface area contributed by atoms with Gasteiger partial charge in [-0.2, -0.15) is 0 Å². The average molecular weight is 273 g/mol. The summed E-state index contributed by atoms with van der Waals surface area (Å²) in [4.78, 5) is 28.1. The zero-order valence-electron chi connectivity index (χ0n) is 11.7. The number of nitrogens with zero attached hydrogens (tertiary/aromatic N) is 3. The topological polar surface area (TPSA) is 73.3 Å². The molecule has 1 aliphatic heterocycles. The smallest absolute Gasteiger partial charge is 0.319 e. The van der Waals surface area contributed by atoms with Gasteiger partial charge in [-0.05, 0) is 0 Å². The molecule has 1 N–H and O–H groups in total. The molecule has 7 heteroatoms. The molecule has 7 nitrogen and oxygen atoms in total. The predicted octanol–water partition coefficient (Wildman–Crippen LogP) is -0.223. The van der Waals surface area contributed by atoms with Gasteiger partial charge >= 0.3 is 12.0 Å². The number of likely N-dealkylation sites (N-methyl/N-ethyl adjacent to an activating group) is 1. The van der Waals surface area contributed by atoms with E-state index >= 15 is 0 Å². The number of aliphatic carboxylic acids is 1. The van der Waals surface area contributed by atoms with Gasteiger partial charge in [-0.3, -0.25) is 9.69 Å². The summed E-state index contributed by atoms with van der Waals surface area (Å²) < 4.78 is 4.95. The molecule has 0 aliphatic carbocycles. The number of urea groups is 1. The number of hydrogen-bond donors (Lipinski definition) is 1. The van der Waals surface area contributed by atoms with E-state index in [0.717, 1.165) is 13.1 Å². The Balaban J connectivity index is 2.28. The highest BCUT2D eigenvalue weighted by molar-refractivity contribution is 5.74. The Morgan fingerprint density at radius 3 is 2.42 bits per heavy atom. The van der Waals surface area contributed by atoms with Gasteiger partial charge in [-0.25, -0.2) is 4.79 Å². The van der Waals surface area contributed by atoms with E-state index in [4.69, 9.17) is 9.84 Å². The first kappa shape index (κ1) is 15.7. The summed E-state index contributed by atoms with van der Waals surface area (Å²) in [5.41, 5.74) is 0. The number of carbonyl (C=O) groups excluding carboxylic acids is 1. The van der Waals surface area contributed by atoms with Crippen LogP contribution in [0.4, 0.5) is 4.79 Å². The van der Waals surface area contributed by atoms with E-state index in [9.17, 15) is 9.59 Å². The van der Waals surface area contributed by atoms with Gasteiger partial charge in [0.15, 0.2) is 0 Å². The number of ether oxygens (including phenoxy) is 1. The molecule has 0 spiro atoms. The van der Waals surface area contributed by atoms with Crippen molar-refractivity contribution in [3.63, 3.8) is 0 Å². The van der Waals surface area contributed by atoms with Crippen LogP contribution in [-0.4, -0.2) is 91.8 Å². The molecule has 0 saturated carbocycles. The lowest BCUT2D eigenvalue weighted by molar-refractivity contribution is -0.137. The molecule has 0 bridgehead atoms. The minimum absolute atomic E-state index is 0.00920. The normalized spacial score (nSPS) is 16.4. The Morgan fingerprint density at radius 1 is 1.26 bits per heavy atom. The van der Waals surface area contributed by atoms with Crippen molar-refractivity contribution in [1.82, 2.24) is 14.7 Å². The van der Waals surface area contributed by atoms with E-state index < -0.39 is 5.97 Å². The lowest BCUT2D eigenvalue weighted by atomic mass is 10.3. The second kappa shape index (κ2) is 7.96. The van der Waals surface area contributed by atoms with Crippen LogP contribution in [0.15, 0.2) is 0 Å². The number of carboxylic acids is 1. The Kier molecular flexibility index (Phi) is 6.58. The Hall–Kier alpha value is -1.34. The van der Waals surface area contributed by atoms with Crippen molar-refractivity contribution < 1.29 is 19.4 Å². The molecule has 0 atom stereocenters. The van der Waals surface area contributed by atoms with Crippen LogP contribution >= 0.6 is 0 Å². The summed E-state index contributed by atoms with van der Waals surface area (Å²) in [5, 5.41) is 8.63. The van der Waals surface area contributed by atoms with Crippen LogP contribution in [0, 0.1) is 0 Å². The van der Waals surface area contributed by atoms with Crippen LogP contribution in [0.1, 0.15) is 6.42 Å². The number of piperazine rings is 1. The molecule has 110 valence electrons. The third-order valence-corrected chi connectivity index (χ3v) is 3.24. The molecule has 0 aromatic carbocycles. The van der Waals surface area contributed by atoms with Crippen molar-refractivity contribution in [3.8, 4) is 0 Å². The fourth-order valence-corrected chi connectivity index (χ4v) is 1.98. The highest BCUT2D eigenvalue weighted by Crippen LogP contribution is 2.05. The first-order chi connectivity index (χ1) is 9.04. The lowest BCUT2D eigenvalue weighted by Crippen LogP contribution is -2.52. The summed E-state index contributed by atoms with van der Waals surface area (Å²) in [5.74, 6) is -0.780. The van der Waals surface area contributed by atoms with Crippen molar-refractivity contribution in [2.24, 2.45) is 0 Å². The van der Waals surface area contributed by atoms with Gasteiger partial charge in [0.05, 0.1) is 13.0 Å². The molecule has 1 fully saturated rings. The average Bonchev–Trinajstić information content (AvgIpc) is 2.42. The van der Waals surface area contributed by atoms with E-state index in [0.29, 0.717) is 32.8 Å². The van der Waals surface area contributed by atoms with E-state index in [1.165, 1.54) is 0 Å². The van der Waals surface area contributed by atoms with Gasteiger partial charge in [0, 0.05) is 53.4 Å². The Morgan fingerprint density at radius 2 is 1.89 bits per heavy atom. The van der Waals surface area contributed by atoms with Crippen molar-refractivity contribution >= 4 is 12.0 Å². The fourth-order valence-electron chi connectivity index (χ4n) is 1.98. The summed E-state index contributed by atoms with van der Waals surface area (Å²) in [6, 6.07) is 0.00920.